The first-order valence-electron chi connectivity index (χ1n) is 8.24. The summed E-state index contributed by atoms with van der Waals surface area (Å²) in [7, 11) is 0. The lowest BCUT2D eigenvalue weighted by Gasteiger charge is -2.10. The second kappa shape index (κ2) is 7.29. The number of nitrogens with zero attached hydrogens (tertiary/aromatic N) is 3. The van der Waals surface area contributed by atoms with Gasteiger partial charge in [0.25, 0.3) is 5.56 Å². The molecular formula is C19H16FN3O3S. The Balaban J connectivity index is 2.25. The van der Waals surface area contributed by atoms with Crippen LogP contribution in [0.15, 0.2) is 23.0 Å². The number of carbonyl (C=O) groups excluding carboxylic acids is 1. The molecule has 0 saturated heterocycles. The van der Waals surface area contributed by atoms with Crippen molar-refractivity contribution in [3.05, 3.63) is 61.6 Å². The van der Waals surface area contributed by atoms with E-state index in [0.29, 0.717) is 21.5 Å². The van der Waals surface area contributed by atoms with Crippen LogP contribution in [-0.4, -0.2) is 22.4 Å². The van der Waals surface area contributed by atoms with Crippen molar-refractivity contribution in [3.8, 4) is 6.07 Å². The van der Waals surface area contributed by atoms with Crippen molar-refractivity contribution in [2.24, 2.45) is 0 Å². The Morgan fingerprint density at radius 1 is 1.41 bits per heavy atom. The molecule has 0 unspecified atom stereocenters. The Morgan fingerprint density at radius 2 is 2.15 bits per heavy atom. The summed E-state index contributed by atoms with van der Waals surface area (Å²) in [5.41, 5.74) is 0.758. The van der Waals surface area contributed by atoms with E-state index < -0.39 is 17.3 Å². The summed E-state index contributed by atoms with van der Waals surface area (Å²) in [6.45, 7) is 5.06. The highest BCUT2D eigenvalue weighted by molar-refractivity contribution is 7.21. The predicted octanol–water partition coefficient (Wildman–Crippen LogP) is 3.31. The number of nitriles is 1. The SMILES string of the molecule is CCOC(=O)c1sc2cccc(F)c2c1Cn1nc(C)c(C)c(C#N)c1=O. The normalized spacial score (nSPS) is 10.8. The third-order valence-electron chi connectivity index (χ3n) is 4.28. The number of aromatic nitrogens is 2. The summed E-state index contributed by atoms with van der Waals surface area (Å²) in [6, 6.07) is 6.45. The van der Waals surface area contributed by atoms with E-state index in [1.54, 1.807) is 32.9 Å². The third kappa shape index (κ3) is 3.22. The van der Waals surface area contributed by atoms with Crippen LogP contribution in [0.25, 0.3) is 10.1 Å². The molecule has 138 valence electrons. The average Bonchev–Trinajstić information content (AvgIpc) is 3.00. The number of fused-ring (bicyclic) bond motifs is 1. The fourth-order valence-corrected chi connectivity index (χ4v) is 3.96. The van der Waals surface area contributed by atoms with Crippen molar-refractivity contribution in [1.29, 1.82) is 5.26 Å². The van der Waals surface area contributed by atoms with E-state index in [2.05, 4.69) is 5.10 Å². The van der Waals surface area contributed by atoms with Crippen LogP contribution in [0, 0.1) is 31.0 Å². The Bertz CT molecular complexity index is 1160. The minimum absolute atomic E-state index is 0.0137. The molecule has 0 radical (unpaired) electrons. The van der Waals surface area contributed by atoms with Crippen molar-refractivity contribution in [2.45, 2.75) is 27.3 Å². The average molecular weight is 385 g/mol. The second-order valence-corrected chi connectivity index (χ2v) is 6.96. The van der Waals surface area contributed by atoms with E-state index in [1.165, 1.54) is 6.07 Å². The minimum Gasteiger partial charge on any atom is -0.462 e. The van der Waals surface area contributed by atoms with Gasteiger partial charge in [0.15, 0.2) is 0 Å². The highest BCUT2D eigenvalue weighted by Gasteiger charge is 2.23. The van der Waals surface area contributed by atoms with Crippen LogP contribution in [0.4, 0.5) is 4.39 Å². The van der Waals surface area contributed by atoms with Gasteiger partial charge < -0.3 is 4.74 Å². The van der Waals surface area contributed by atoms with Gasteiger partial charge in [-0.3, -0.25) is 4.79 Å². The first-order valence-corrected chi connectivity index (χ1v) is 9.06. The summed E-state index contributed by atoms with van der Waals surface area (Å²) in [5.74, 6) is -1.07. The Hall–Kier alpha value is -3.05. The molecular weight excluding hydrogens is 369 g/mol. The molecule has 0 fully saturated rings. The number of benzene rings is 1. The molecule has 0 spiro atoms. The molecule has 1 aromatic carbocycles. The molecule has 0 atom stereocenters. The van der Waals surface area contributed by atoms with Crippen LogP contribution < -0.4 is 5.56 Å². The van der Waals surface area contributed by atoms with Gasteiger partial charge in [-0.05, 0) is 38.5 Å². The minimum atomic E-state index is -0.578. The van der Waals surface area contributed by atoms with Gasteiger partial charge in [0.05, 0.1) is 18.8 Å². The second-order valence-electron chi connectivity index (χ2n) is 5.90. The predicted molar refractivity (Wildman–Crippen MR) is 99.5 cm³/mol. The van der Waals surface area contributed by atoms with Crippen LogP contribution in [0.5, 0.6) is 0 Å². The number of hydrogen-bond donors (Lipinski definition) is 0. The maximum Gasteiger partial charge on any atom is 0.348 e. The maximum atomic E-state index is 14.5. The number of halogens is 1. The topological polar surface area (TPSA) is 85.0 Å². The summed E-state index contributed by atoms with van der Waals surface area (Å²) in [5, 5.41) is 13.8. The molecule has 0 aliphatic heterocycles. The standard InChI is InChI=1S/C19H16FN3O3S/c1-4-26-19(25)17-13(16-14(20)6-5-7-15(16)27-17)9-23-18(24)12(8-21)10(2)11(3)22-23/h5-7H,4,9H2,1-3H3. The highest BCUT2D eigenvalue weighted by atomic mass is 32.1. The number of ether oxygens (including phenoxy) is 1. The molecule has 0 saturated carbocycles. The molecule has 2 heterocycles. The van der Waals surface area contributed by atoms with Gasteiger partial charge in [-0.25, -0.2) is 13.9 Å². The van der Waals surface area contributed by atoms with Gasteiger partial charge in [-0.15, -0.1) is 11.3 Å². The molecule has 3 rings (SSSR count). The van der Waals surface area contributed by atoms with E-state index in [-0.39, 0.29) is 29.0 Å². The van der Waals surface area contributed by atoms with Crippen LogP contribution in [-0.2, 0) is 11.3 Å². The molecule has 2 aromatic heterocycles. The number of thiophene rings is 1. The number of carbonyl (C=O) groups is 1. The molecule has 0 amide bonds. The third-order valence-corrected chi connectivity index (χ3v) is 5.46. The smallest absolute Gasteiger partial charge is 0.348 e. The van der Waals surface area contributed by atoms with Crippen LogP contribution in [0.1, 0.15) is 39.0 Å². The van der Waals surface area contributed by atoms with Gasteiger partial charge in [0, 0.05) is 15.6 Å². The van der Waals surface area contributed by atoms with Crippen molar-refractivity contribution < 1.29 is 13.9 Å². The molecule has 0 aliphatic rings. The molecule has 0 bridgehead atoms. The largest absolute Gasteiger partial charge is 0.462 e. The zero-order valence-electron chi connectivity index (χ0n) is 15.0. The zero-order valence-corrected chi connectivity index (χ0v) is 15.8. The van der Waals surface area contributed by atoms with E-state index in [9.17, 15) is 19.2 Å². The van der Waals surface area contributed by atoms with Gasteiger partial charge in [0.1, 0.15) is 22.3 Å². The number of aryl methyl sites for hydroxylation is 1. The summed E-state index contributed by atoms with van der Waals surface area (Å²) < 4.78 is 21.2. The Kier molecular flexibility index (Phi) is 5.06. The number of esters is 1. The van der Waals surface area contributed by atoms with Gasteiger partial charge in [-0.1, -0.05) is 6.07 Å². The fraction of sp³-hybridized carbons (Fsp3) is 0.263. The Labute approximate surface area is 158 Å². The van der Waals surface area contributed by atoms with Crippen LogP contribution in [0.3, 0.4) is 0 Å². The summed E-state index contributed by atoms with van der Waals surface area (Å²) in [4.78, 5) is 25.2. The number of rotatable bonds is 4. The lowest BCUT2D eigenvalue weighted by Crippen LogP contribution is -2.28. The van der Waals surface area contributed by atoms with Gasteiger partial charge >= 0.3 is 5.97 Å². The zero-order chi connectivity index (χ0) is 19.7. The van der Waals surface area contributed by atoms with E-state index in [4.69, 9.17) is 4.74 Å². The quantitative estimate of drug-likeness (QED) is 0.643. The maximum absolute atomic E-state index is 14.5. The Morgan fingerprint density at radius 3 is 2.81 bits per heavy atom. The van der Waals surface area contributed by atoms with Crippen LogP contribution >= 0.6 is 11.3 Å². The van der Waals surface area contributed by atoms with Gasteiger partial charge in [0.2, 0.25) is 0 Å². The number of hydrogen-bond acceptors (Lipinski definition) is 6. The van der Waals surface area contributed by atoms with Crippen LogP contribution in [0.2, 0.25) is 0 Å². The summed E-state index contributed by atoms with van der Waals surface area (Å²) in [6.07, 6.45) is 0. The highest BCUT2D eigenvalue weighted by Crippen LogP contribution is 2.34. The molecule has 3 aromatic rings. The lowest BCUT2D eigenvalue weighted by molar-refractivity contribution is 0.0531. The van der Waals surface area contributed by atoms with Crippen molar-refractivity contribution >= 4 is 27.4 Å². The van der Waals surface area contributed by atoms with Crippen molar-refractivity contribution in [1.82, 2.24) is 9.78 Å². The lowest BCUT2D eigenvalue weighted by atomic mass is 10.1. The van der Waals surface area contributed by atoms with E-state index >= 15 is 0 Å². The summed E-state index contributed by atoms with van der Waals surface area (Å²) >= 11 is 1.11. The molecule has 8 heteroatoms. The fourth-order valence-electron chi connectivity index (χ4n) is 2.84. The molecule has 6 nitrogen and oxygen atoms in total. The first-order chi connectivity index (χ1) is 12.9. The van der Waals surface area contributed by atoms with E-state index in [1.807, 2.05) is 6.07 Å². The molecule has 0 N–H and O–H groups in total. The monoisotopic (exact) mass is 385 g/mol. The molecule has 0 aliphatic carbocycles. The van der Waals surface area contributed by atoms with Crippen molar-refractivity contribution in [3.63, 3.8) is 0 Å². The first kappa shape index (κ1) is 18.7. The van der Waals surface area contributed by atoms with Gasteiger partial charge in [-0.2, -0.15) is 10.4 Å². The van der Waals surface area contributed by atoms with E-state index in [0.717, 1.165) is 16.0 Å². The molecule has 27 heavy (non-hydrogen) atoms. The van der Waals surface area contributed by atoms with Crippen molar-refractivity contribution in [2.75, 3.05) is 6.61 Å².